The molecule has 0 radical (unpaired) electrons. The Morgan fingerprint density at radius 1 is 1.12 bits per heavy atom. The molecule has 0 saturated carbocycles. The van der Waals surface area contributed by atoms with Gasteiger partial charge in [-0.15, -0.1) is 0 Å². The van der Waals surface area contributed by atoms with Crippen LogP contribution in [-0.2, 0) is 6.42 Å². The van der Waals surface area contributed by atoms with Crippen LogP contribution in [0.5, 0.6) is 5.75 Å². The van der Waals surface area contributed by atoms with Gasteiger partial charge in [0, 0.05) is 38.9 Å². The van der Waals surface area contributed by atoms with Gasteiger partial charge in [0.05, 0.1) is 11.9 Å². The minimum atomic E-state index is 0.0107. The number of hydrogen-bond donors (Lipinski definition) is 2. The maximum Gasteiger partial charge on any atom is 0.317 e. The molecule has 1 fully saturated rings. The van der Waals surface area contributed by atoms with E-state index in [1.165, 1.54) is 0 Å². The minimum Gasteiger partial charge on any atom is -0.508 e. The van der Waals surface area contributed by atoms with Crippen molar-refractivity contribution >= 4 is 11.7 Å². The minimum absolute atomic E-state index is 0.0107. The molecule has 0 aliphatic carbocycles. The molecule has 0 spiro atoms. The summed E-state index contributed by atoms with van der Waals surface area (Å²) in [6.45, 7) is 3.75. The summed E-state index contributed by atoms with van der Waals surface area (Å²) < 4.78 is 0. The van der Waals surface area contributed by atoms with E-state index in [4.69, 9.17) is 0 Å². The third kappa shape index (κ3) is 4.86. The number of pyridine rings is 1. The van der Waals surface area contributed by atoms with Gasteiger partial charge in [0.15, 0.2) is 0 Å². The Balaban J connectivity index is 1.36. The predicted molar refractivity (Wildman–Crippen MR) is 97.8 cm³/mol. The van der Waals surface area contributed by atoms with Crippen LogP contribution in [0.4, 0.5) is 10.5 Å². The van der Waals surface area contributed by atoms with Gasteiger partial charge in [0.2, 0.25) is 0 Å². The van der Waals surface area contributed by atoms with Gasteiger partial charge in [-0.3, -0.25) is 4.98 Å². The van der Waals surface area contributed by atoms with Crippen LogP contribution in [0, 0.1) is 0 Å². The van der Waals surface area contributed by atoms with Gasteiger partial charge in [0.25, 0.3) is 0 Å². The third-order valence-electron chi connectivity index (χ3n) is 4.43. The first-order valence-corrected chi connectivity index (χ1v) is 8.68. The number of aromatic nitrogens is 1. The average molecular weight is 340 g/mol. The van der Waals surface area contributed by atoms with Crippen LogP contribution < -0.4 is 10.2 Å². The summed E-state index contributed by atoms with van der Waals surface area (Å²) in [6, 6.07) is 11.2. The second-order valence-electron chi connectivity index (χ2n) is 6.19. The standard InChI is InChI=1S/C19H24N4O2/c24-18-7-5-16(6-8-18)3-1-10-21-19(25)23-13-11-22(12-14-23)17-4-2-9-20-15-17/h2,4-9,15,24H,1,3,10-14H2,(H,21,25). The van der Waals surface area contributed by atoms with E-state index in [1.54, 1.807) is 18.3 Å². The highest BCUT2D eigenvalue weighted by molar-refractivity contribution is 5.74. The van der Waals surface area contributed by atoms with E-state index >= 15 is 0 Å². The quantitative estimate of drug-likeness (QED) is 0.819. The average Bonchev–Trinajstić information content (AvgIpc) is 2.67. The molecule has 1 aromatic heterocycles. The number of rotatable bonds is 5. The number of nitrogens with zero attached hydrogens (tertiary/aromatic N) is 3. The highest BCUT2D eigenvalue weighted by Crippen LogP contribution is 2.14. The molecule has 2 amide bonds. The highest BCUT2D eigenvalue weighted by Gasteiger charge is 2.20. The maximum absolute atomic E-state index is 12.2. The van der Waals surface area contributed by atoms with Crippen molar-refractivity contribution in [3.63, 3.8) is 0 Å². The summed E-state index contributed by atoms with van der Waals surface area (Å²) >= 11 is 0. The number of nitrogens with one attached hydrogen (secondary N) is 1. The van der Waals surface area contributed by atoms with E-state index in [0.29, 0.717) is 6.54 Å². The molecule has 1 saturated heterocycles. The molecule has 3 rings (SSSR count). The zero-order valence-electron chi connectivity index (χ0n) is 14.3. The zero-order valence-corrected chi connectivity index (χ0v) is 14.3. The van der Waals surface area contributed by atoms with Crippen molar-refractivity contribution in [3.8, 4) is 5.75 Å². The topological polar surface area (TPSA) is 68.7 Å². The first-order chi connectivity index (χ1) is 12.2. The molecule has 2 aromatic rings. The number of aromatic hydroxyl groups is 1. The van der Waals surface area contributed by atoms with Crippen LogP contribution in [0.1, 0.15) is 12.0 Å². The van der Waals surface area contributed by atoms with Crippen LogP contribution in [0.2, 0.25) is 0 Å². The number of amides is 2. The van der Waals surface area contributed by atoms with Gasteiger partial charge < -0.3 is 20.2 Å². The number of anilines is 1. The van der Waals surface area contributed by atoms with Crippen molar-refractivity contribution in [2.75, 3.05) is 37.6 Å². The molecule has 0 atom stereocenters. The molecule has 2 heterocycles. The molecule has 0 bridgehead atoms. The van der Waals surface area contributed by atoms with Gasteiger partial charge in [-0.2, -0.15) is 0 Å². The van der Waals surface area contributed by atoms with Gasteiger partial charge in [-0.1, -0.05) is 12.1 Å². The van der Waals surface area contributed by atoms with Gasteiger partial charge in [0.1, 0.15) is 5.75 Å². The second kappa shape index (κ2) is 8.37. The van der Waals surface area contributed by atoms with Crippen LogP contribution in [0.25, 0.3) is 0 Å². The summed E-state index contributed by atoms with van der Waals surface area (Å²) in [4.78, 5) is 20.5. The lowest BCUT2D eigenvalue weighted by Gasteiger charge is -2.35. The molecule has 6 heteroatoms. The van der Waals surface area contributed by atoms with E-state index in [9.17, 15) is 9.90 Å². The Labute approximate surface area is 148 Å². The molecule has 1 aromatic carbocycles. The summed E-state index contributed by atoms with van der Waals surface area (Å²) in [5.41, 5.74) is 2.27. The summed E-state index contributed by atoms with van der Waals surface area (Å²) in [6.07, 6.45) is 5.39. The molecule has 1 aliphatic rings. The molecule has 6 nitrogen and oxygen atoms in total. The fraction of sp³-hybridized carbons (Fsp3) is 0.368. The molecular formula is C19H24N4O2. The Morgan fingerprint density at radius 2 is 1.88 bits per heavy atom. The van der Waals surface area contributed by atoms with Crippen molar-refractivity contribution in [2.24, 2.45) is 0 Å². The van der Waals surface area contributed by atoms with E-state index in [0.717, 1.165) is 50.3 Å². The lowest BCUT2D eigenvalue weighted by Crippen LogP contribution is -2.52. The van der Waals surface area contributed by atoms with Crippen molar-refractivity contribution < 1.29 is 9.90 Å². The lowest BCUT2D eigenvalue weighted by atomic mass is 10.1. The van der Waals surface area contributed by atoms with E-state index in [-0.39, 0.29) is 11.8 Å². The Morgan fingerprint density at radius 3 is 2.56 bits per heavy atom. The summed E-state index contributed by atoms with van der Waals surface area (Å²) in [5, 5.41) is 12.3. The van der Waals surface area contributed by atoms with Gasteiger partial charge in [-0.25, -0.2) is 4.79 Å². The van der Waals surface area contributed by atoms with Crippen molar-refractivity contribution in [1.82, 2.24) is 15.2 Å². The normalized spacial score (nSPS) is 14.4. The first-order valence-electron chi connectivity index (χ1n) is 8.68. The van der Waals surface area contributed by atoms with Crippen molar-refractivity contribution in [1.29, 1.82) is 0 Å². The zero-order chi connectivity index (χ0) is 17.5. The van der Waals surface area contributed by atoms with E-state index < -0.39 is 0 Å². The number of carbonyl (C=O) groups excluding carboxylic acids is 1. The number of phenolic OH excluding ortho intramolecular Hbond substituents is 1. The Hall–Kier alpha value is -2.76. The molecule has 132 valence electrons. The molecular weight excluding hydrogens is 316 g/mol. The largest absolute Gasteiger partial charge is 0.508 e. The lowest BCUT2D eigenvalue weighted by molar-refractivity contribution is 0.194. The second-order valence-corrected chi connectivity index (χ2v) is 6.19. The monoisotopic (exact) mass is 340 g/mol. The van der Waals surface area contributed by atoms with Gasteiger partial charge in [-0.05, 0) is 42.7 Å². The van der Waals surface area contributed by atoms with E-state index in [1.807, 2.05) is 35.4 Å². The smallest absolute Gasteiger partial charge is 0.317 e. The molecule has 2 N–H and O–H groups in total. The summed E-state index contributed by atoms with van der Waals surface area (Å²) in [5.74, 6) is 0.280. The van der Waals surface area contributed by atoms with Crippen LogP contribution >= 0.6 is 0 Å². The number of urea groups is 1. The van der Waals surface area contributed by atoms with Crippen molar-refractivity contribution in [3.05, 3.63) is 54.4 Å². The Bertz CT molecular complexity index is 668. The van der Waals surface area contributed by atoms with E-state index in [2.05, 4.69) is 15.2 Å². The van der Waals surface area contributed by atoms with Crippen LogP contribution in [-0.4, -0.2) is 53.7 Å². The molecule has 1 aliphatic heterocycles. The molecule has 25 heavy (non-hydrogen) atoms. The fourth-order valence-corrected chi connectivity index (χ4v) is 2.97. The highest BCUT2D eigenvalue weighted by atomic mass is 16.3. The number of phenols is 1. The van der Waals surface area contributed by atoms with Gasteiger partial charge >= 0.3 is 6.03 Å². The number of hydrogen-bond acceptors (Lipinski definition) is 4. The number of piperazine rings is 1. The number of benzene rings is 1. The Kier molecular flexibility index (Phi) is 5.72. The SMILES string of the molecule is O=C(NCCCc1ccc(O)cc1)N1CCN(c2cccnc2)CC1. The molecule has 0 unspecified atom stereocenters. The first kappa shape index (κ1) is 17.1. The third-order valence-corrected chi connectivity index (χ3v) is 4.43. The summed E-state index contributed by atoms with van der Waals surface area (Å²) in [7, 11) is 0. The van der Waals surface area contributed by atoms with Crippen LogP contribution in [0.3, 0.4) is 0 Å². The fourth-order valence-electron chi connectivity index (χ4n) is 2.97. The predicted octanol–water partition coefficient (Wildman–Crippen LogP) is 2.25. The maximum atomic E-state index is 12.2. The van der Waals surface area contributed by atoms with Crippen LogP contribution in [0.15, 0.2) is 48.8 Å². The number of carbonyl (C=O) groups is 1. The van der Waals surface area contributed by atoms with Crippen molar-refractivity contribution in [2.45, 2.75) is 12.8 Å². The number of aryl methyl sites for hydroxylation is 1.